The summed E-state index contributed by atoms with van der Waals surface area (Å²) < 4.78 is 0. The predicted molar refractivity (Wildman–Crippen MR) is 82.7 cm³/mol. The molecule has 0 amide bonds. The Morgan fingerprint density at radius 1 is 1.04 bits per heavy atom. The molecule has 0 aromatic heterocycles. The first-order chi connectivity index (χ1) is 11.0. The monoisotopic (exact) mass is 318 g/mol. The number of aliphatic hydroxyl groups excluding tert-OH is 2. The van der Waals surface area contributed by atoms with Gasteiger partial charge >= 0.3 is 0 Å². The maximum Gasteiger partial charge on any atom is 0.167 e. The Labute approximate surface area is 132 Å². The number of aliphatic hydroxyl groups is 2. The minimum Gasteiger partial charge on any atom is -0.508 e. The van der Waals surface area contributed by atoms with Gasteiger partial charge in [0, 0.05) is 31.6 Å². The SMILES string of the molecule is O=C1C[C@H](C(CO)CO)Cc2cc3cc(O)cc(O)c3c(O)c21. The Bertz CT molecular complexity index is 778. The van der Waals surface area contributed by atoms with Crippen LogP contribution >= 0.6 is 0 Å². The zero-order valence-corrected chi connectivity index (χ0v) is 12.4. The molecule has 1 aliphatic carbocycles. The van der Waals surface area contributed by atoms with Crippen LogP contribution in [0.5, 0.6) is 17.2 Å². The number of aromatic hydroxyl groups is 3. The van der Waals surface area contributed by atoms with Crippen molar-refractivity contribution < 1.29 is 30.3 Å². The lowest BCUT2D eigenvalue weighted by atomic mass is 9.75. The topological polar surface area (TPSA) is 118 Å². The highest BCUT2D eigenvalue weighted by Gasteiger charge is 2.33. The van der Waals surface area contributed by atoms with E-state index in [0.717, 1.165) is 6.07 Å². The highest BCUT2D eigenvalue weighted by atomic mass is 16.3. The van der Waals surface area contributed by atoms with Gasteiger partial charge < -0.3 is 25.5 Å². The average molecular weight is 318 g/mol. The van der Waals surface area contributed by atoms with Gasteiger partial charge in [0.05, 0.1) is 10.9 Å². The number of phenols is 3. The predicted octanol–water partition coefficient (Wildman–Crippen LogP) is 1.30. The number of phenolic OH excluding ortho intramolecular Hbond substituents is 3. The largest absolute Gasteiger partial charge is 0.508 e. The van der Waals surface area contributed by atoms with E-state index in [-0.39, 0.29) is 59.5 Å². The third kappa shape index (κ3) is 2.50. The molecule has 0 aliphatic heterocycles. The van der Waals surface area contributed by atoms with Crippen molar-refractivity contribution in [1.29, 1.82) is 0 Å². The number of Topliss-reactive ketones (excluding diaryl/α,β-unsaturated/α-hetero) is 1. The average Bonchev–Trinajstić information content (AvgIpc) is 2.46. The van der Waals surface area contributed by atoms with Gasteiger partial charge in [0.1, 0.15) is 17.2 Å². The van der Waals surface area contributed by atoms with Crippen LogP contribution in [-0.2, 0) is 6.42 Å². The molecule has 2 aromatic rings. The molecule has 0 saturated heterocycles. The molecule has 0 fully saturated rings. The van der Waals surface area contributed by atoms with Crippen LogP contribution in [0.2, 0.25) is 0 Å². The second-order valence-corrected chi connectivity index (χ2v) is 6.04. The molecule has 0 saturated carbocycles. The summed E-state index contributed by atoms with van der Waals surface area (Å²) >= 11 is 0. The normalized spacial score (nSPS) is 17.7. The third-order valence-electron chi connectivity index (χ3n) is 4.60. The van der Waals surface area contributed by atoms with Crippen LogP contribution in [0.15, 0.2) is 18.2 Å². The maximum absolute atomic E-state index is 12.4. The van der Waals surface area contributed by atoms with Gasteiger partial charge in [-0.05, 0) is 35.4 Å². The molecule has 1 atom stereocenters. The van der Waals surface area contributed by atoms with Crippen molar-refractivity contribution in [3.63, 3.8) is 0 Å². The molecular weight excluding hydrogens is 300 g/mol. The zero-order valence-electron chi connectivity index (χ0n) is 12.4. The molecule has 0 unspecified atom stereocenters. The fourth-order valence-electron chi connectivity index (χ4n) is 3.40. The molecule has 6 nitrogen and oxygen atoms in total. The Hall–Kier alpha value is -2.31. The van der Waals surface area contributed by atoms with Gasteiger partial charge in [-0.15, -0.1) is 0 Å². The van der Waals surface area contributed by atoms with Crippen molar-refractivity contribution in [2.24, 2.45) is 11.8 Å². The fraction of sp³-hybridized carbons (Fsp3) is 0.353. The van der Waals surface area contributed by atoms with Crippen LogP contribution in [0.3, 0.4) is 0 Å². The van der Waals surface area contributed by atoms with Gasteiger partial charge in [0.15, 0.2) is 5.78 Å². The van der Waals surface area contributed by atoms with E-state index in [2.05, 4.69) is 0 Å². The van der Waals surface area contributed by atoms with Crippen molar-refractivity contribution in [1.82, 2.24) is 0 Å². The van der Waals surface area contributed by atoms with E-state index in [0.29, 0.717) is 17.4 Å². The molecule has 122 valence electrons. The molecule has 0 heterocycles. The summed E-state index contributed by atoms with van der Waals surface area (Å²) in [6, 6.07) is 4.16. The van der Waals surface area contributed by atoms with E-state index in [9.17, 15) is 30.3 Å². The van der Waals surface area contributed by atoms with Crippen LogP contribution in [0.1, 0.15) is 22.3 Å². The number of hydrogen-bond acceptors (Lipinski definition) is 6. The molecule has 5 N–H and O–H groups in total. The van der Waals surface area contributed by atoms with Crippen LogP contribution < -0.4 is 0 Å². The minimum absolute atomic E-state index is 0.122. The summed E-state index contributed by atoms with van der Waals surface area (Å²) in [5.74, 6) is -1.62. The summed E-state index contributed by atoms with van der Waals surface area (Å²) in [6.45, 7) is -0.435. The lowest BCUT2D eigenvalue weighted by Gasteiger charge is -2.29. The molecule has 3 rings (SSSR count). The molecular formula is C17H18O6. The van der Waals surface area contributed by atoms with Gasteiger partial charge in [0.25, 0.3) is 0 Å². The van der Waals surface area contributed by atoms with E-state index >= 15 is 0 Å². The van der Waals surface area contributed by atoms with Crippen molar-refractivity contribution in [3.05, 3.63) is 29.3 Å². The third-order valence-corrected chi connectivity index (χ3v) is 4.60. The lowest BCUT2D eigenvalue weighted by molar-refractivity contribution is 0.0788. The van der Waals surface area contributed by atoms with E-state index in [1.165, 1.54) is 6.07 Å². The lowest BCUT2D eigenvalue weighted by Crippen LogP contribution is -2.30. The minimum atomic E-state index is -0.400. The highest BCUT2D eigenvalue weighted by molar-refractivity contribution is 6.08. The van der Waals surface area contributed by atoms with Crippen LogP contribution in [0, 0.1) is 11.8 Å². The number of benzene rings is 2. The molecule has 23 heavy (non-hydrogen) atoms. The highest BCUT2D eigenvalue weighted by Crippen LogP contribution is 2.43. The summed E-state index contributed by atoms with van der Waals surface area (Å²) in [6.07, 6.45) is 0.545. The number of hydrogen-bond donors (Lipinski definition) is 5. The van der Waals surface area contributed by atoms with Gasteiger partial charge in [-0.1, -0.05) is 0 Å². The number of rotatable bonds is 3. The molecule has 6 heteroatoms. The summed E-state index contributed by atoms with van der Waals surface area (Å²) in [5, 5.41) is 49.2. The number of ketones is 1. The maximum atomic E-state index is 12.4. The van der Waals surface area contributed by atoms with Gasteiger partial charge in [-0.25, -0.2) is 0 Å². The van der Waals surface area contributed by atoms with E-state index in [4.69, 9.17) is 0 Å². The van der Waals surface area contributed by atoms with Crippen molar-refractivity contribution in [2.45, 2.75) is 12.8 Å². The van der Waals surface area contributed by atoms with Crippen LogP contribution in [0.25, 0.3) is 10.8 Å². The molecule has 0 radical (unpaired) electrons. The smallest absolute Gasteiger partial charge is 0.167 e. The van der Waals surface area contributed by atoms with E-state index in [1.807, 2.05) is 0 Å². The van der Waals surface area contributed by atoms with E-state index in [1.54, 1.807) is 6.07 Å². The number of carbonyl (C=O) groups is 1. The first-order valence-corrected chi connectivity index (χ1v) is 7.41. The van der Waals surface area contributed by atoms with Gasteiger partial charge in [-0.2, -0.15) is 0 Å². The van der Waals surface area contributed by atoms with Crippen LogP contribution in [0.4, 0.5) is 0 Å². The van der Waals surface area contributed by atoms with Crippen molar-refractivity contribution in [3.8, 4) is 17.2 Å². The zero-order chi connectivity index (χ0) is 16.7. The Morgan fingerprint density at radius 2 is 1.74 bits per heavy atom. The van der Waals surface area contributed by atoms with E-state index < -0.39 is 5.92 Å². The van der Waals surface area contributed by atoms with Crippen molar-refractivity contribution in [2.75, 3.05) is 13.2 Å². The van der Waals surface area contributed by atoms with Crippen molar-refractivity contribution >= 4 is 16.6 Å². The Balaban J connectivity index is 2.17. The molecule has 2 aromatic carbocycles. The molecule has 1 aliphatic rings. The second-order valence-electron chi connectivity index (χ2n) is 6.04. The summed E-state index contributed by atoms with van der Waals surface area (Å²) in [4.78, 5) is 12.4. The number of carbonyl (C=O) groups excluding carboxylic acids is 1. The Morgan fingerprint density at radius 3 is 2.39 bits per heavy atom. The fourth-order valence-corrected chi connectivity index (χ4v) is 3.40. The quantitative estimate of drug-likeness (QED) is 0.582. The number of fused-ring (bicyclic) bond motifs is 2. The van der Waals surface area contributed by atoms with Crippen LogP contribution in [-0.4, -0.2) is 44.5 Å². The Kier molecular flexibility index (Phi) is 3.87. The summed E-state index contributed by atoms with van der Waals surface area (Å²) in [5.41, 5.74) is 0.762. The first kappa shape index (κ1) is 15.6. The van der Waals surface area contributed by atoms with Gasteiger partial charge in [0.2, 0.25) is 0 Å². The first-order valence-electron chi connectivity index (χ1n) is 7.41. The molecule has 0 spiro atoms. The summed E-state index contributed by atoms with van der Waals surface area (Å²) in [7, 11) is 0. The molecule has 0 bridgehead atoms. The standard InChI is InChI=1S/C17H18O6/c18-6-11(7-19)8-1-9-2-10-3-12(20)5-14(22)16(10)17(23)15(9)13(21)4-8/h2-3,5,8,11,18-20,22-23H,1,4,6-7H2/t8-/m1/s1. The van der Waals surface area contributed by atoms with Gasteiger partial charge in [-0.3, -0.25) is 4.79 Å². The second kappa shape index (κ2) is 5.72.